The monoisotopic (exact) mass is 398 g/mol. The van der Waals surface area contributed by atoms with Gasteiger partial charge in [0.2, 0.25) is 0 Å². The minimum Gasteiger partial charge on any atom is -0.0850 e. The van der Waals surface area contributed by atoms with E-state index in [2.05, 4.69) is 12.2 Å². The second kappa shape index (κ2) is 14.5. The Hall–Kier alpha value is -0.520. The lowest BCUT2D eigenvalue weighted by Gasteiger charge is -2.27. The fraction of sp³-hybridized carbons (Fsp3) is 0.862. The van der Waals surface area contributed by atoms with Gasteiger partial charge in [0.25, 0.3) is 0 Å². The lowest BCUT2D eigenvalue weighted by Crippen LogP contribution is -2.14. The van der Waals surface area contributed by atoms with Gasteiger partial charge in [-0.3, -0.25) is 0 Å². The molecule has 3 aliphatic rings. The summed E-state index contributed by atoms with van der Waals surface area (Å²) in [6.07, 6.45) is 38.9. The highest BCUT2D eigenvalue weighted by molar-refractivity contribution is 5.19. The van der Waals surface area contributed by atoms with Crippen LogP contribution < -0.4 is 0 Å². The van der Waals surface area contributed by atoms with Gasteiger partial charge in [0, 0.05) is 0 Å². The Morgan fingerprint density at radius 3 is 1.14 bits per heavy atom. The Labute approximate surface area is 183 Å². The molecule has 0 bridgehead atoms. The molecule has 166 valence electrons. The number of hydrogen-bond donors (Lipinski definition) is 0. The molecule has 0 saturated heterocycles. The molecule has 0 heterocycles. The molecule has 0 N–H and O–H groups in total. The predicted octanol–water partition coefficient (Wildman–Crippen LogP) is 10.1. The molecule has 0 amide bonds. The summed E-state index contributed by atoms with van der Waals surface area (Å²) in [5.74, 6) is 1.80. The van der Waals surface area contributed by atoms with Gasteiger partial charge in [-0.25, -0.2) is 0 Å². The van der Waals surface area contributed by atoms with Gasteiger partial charge < -0.3 is 0 Å². The van der Waals surface area contributed by atoms with Crippen molar-refractivity contribution in [2.24, 2.45) is 11.8 Å². The summed E-state index contributed by atoms with van der Waals surface area (Å²) in [5.41, 5.74) is 3.78. The third kappa shape index (κ3) is 8.63. The molecule has 1 fully saturated rings. The summed E-state index contributed by atoms with van der Waals surface area (Å²) >= 11 is 0. The Morgan fingerprint density at radius 2 is 0.724 bits per heavy atom. The van der Waals surface area contributed by atoms with Gasteiger partial charge in [-0.2, -0.15) is 0 Å². The second-order valence-electron chi connectivity index (χ2n) is 10.4. The first-order valence-electron chi connectivity index (χ1n) is 13.8. The van der Waals surface area contributed by atoms with E-state index < -0.39 is 0 Å². The highest BCUT2D eigenvalue weighted by Crippen LogP contribution is 2.44. The molecule has 2 unspecified atom stereocenters. The third-order valence-corrected chi connectivity index (χ3v) is 8.12. The molecular weight excluding hydrogens is 348 g/mol. The number of hydrogen-bond acceptors (Lipinski definition) is 0. The average Bonchev–Trinajstić information content (AvgIpc) is 3.18. The van der Waals surface area contributed by atoms with E-state index in [0.29, 0.717) is 0 Å². The summed E-state index contributed by atoms with van der Waals surface area (Å²) in [4.78, 5) is 0. The Morgan fingerprint density at radius 1 is 0.379 bits per heavy atom. The SMILES string of the molecule is C1=C(/C2CCCC2/C2=C/CCCCCCCCCC2)CCCCCCCCCC/1. The zero-order valence-electron chi connectivity index (χ0n) is 19.6. The van der Waals surface area contributed by atoms with Gasteiger partial charge in [0.05, 0.1) is 0 Å². The fourth-order valence-electron chi connectivity index (χ4n) is 6.37. The first kappa shape index (κ1) is 23.1. The quantitative estimate of drug-likeness (QED) is 0.406. The van der Waals surface area contributed by atoms with E-state index in [1.54, 1.807) is 0 Å². The molecule has 0 heteroatoms. The predicted molar refractivity (Wildman–Crippen MR) is 129 cm³/mol. The first-order chi connectivity index (χ1) is 14.4. The number of rotatable bonds is 2. The van der Waals surface area contributed by atoms with Gasteiger partial charge >= 0.3 is 0 Å². The van der Waals surface area contributed by atoms with Crippen LogP contribution in [0.4, 0.5) is 0 Å². The maximum absolute atomic E-state index is 2.74. The molecule has 0 spiro atoms. The molecule has 0 aromatic rings. The zero-order valence-corrected chi connectivity index (χ0v) is 19.6. The van der Waals surface area contributed by atoms with E-state index in [4.69, 9.17) is 0 Å². The maximum atomic E-state index is 2.74. The van der Waals surface area contributed by atoms with E-state index in [0.717, 1.165) is 11.8 Å². The Kier molecular flexibility index (Phi) is 11.6. The molecular formula is C29H50. The topological polar surface area (TPSA) is 0 Å². The molecule has 0 aliphatic heterocycles. The van der Waals surface area contributed by atoms with Crippen LogP contribution in [0, 0.1) is 11.8 Å². The van der Waals surface area contributed by atoms with E-state index in [1.807, 2.05) is 11.1 Å². The van der Waals surface area contributed by atoms with Crippen molar-refractivity contribution in [1.29, 1.82) is 0 Å². The normalized spacial score (nSPS) is 33.7. The van der Waals surface area contributed by atoms with Gasteiger partial charge in [-0.15, -0.1) is 0 Å². The second-order valence-corrected chi connectivity index (χ2v) is 10.4. The van der Waals surface area contributed by atoms with E-state index in [9.17, 15) is 0 Å². The minimum absolute atomic E-state index is 0.900. The summed E-state index contributed by atoms with van der Waals surface area (Å²) in [6, 6.07) is 0. The number of allylic oxidation sites excluding steroid dienone is 4. The van der Waals surface area contributed by atoms with Gasteiger partial charge in [-0.05, 0) is 76.0 Å². The first-order valence-corrected chi connectivity index (χ1v) is 13.8. The maximum Gasteiger partial charge on any atom is -0.0138 e. The van der Waals surface area contributed by atoms with Crippen molar-refractivity contribution >= 4 is 0 Å². The van der Waals surface area contributed by atoms with Gasteiger partial charge in [0.1, 0.15) is 0 Å². The van der Waals surface area contributed by atoms with Crippen molar-refractivity contribution in [2.75, 3.05) is 0 Å². The van der Waals surface area contributed by atoms with Crippen LogP contribution in [0.5, 0.6) is 0 Å². The van der Waals surface area contributed by atoms with Crippen LogP contribution in [0.2, 0.25) is 0 Å². The van der Waals surface area contributed by atoms with E-state index in [-0.39, 0.29) is 0 Å². The molecule has 0 aromatic carbocycles. The fourth-order valence-corrected chi connectivity index (χ4v) is 6.37. The van der Waals surface area contributed by atoms with Crippen molar-refractivity contribution in [3.8, 4) is 0 Å². The largest absolute Gasteiger partial charge is 0.0850 e. The van der Waals surface area contributed by atoms with Crippen LogP contribution in [0.15, 0.2) is 23.3 Å². The molecule has 29 heavy (non-hydrogen) atoms. The van der Waals surface area contributed by atoms with Gasteiger partial charge in [0.15, 0.2) is 0 Å². The zero-order chi connectivity index (χ0) is 20.0. The molecule has 2 atom stereocenters. The van der Waals surface area contributed by atoms with Crippen LogP contribution in [0.1, 0.15) is 148 Å². The molecule has 0 radical (unpaired) electrons. The summed E-state index contributed by atoms with van der Waals surface area (Å²) in [7, 11) is 0. The lowest BCUT2D eigenvalue weighted by atomic mass is 9.79. The molecule has 3 aliphatic carbocycles. The summed E-state index contributed by atoms with van der Waals surface area (Å²) in [6.45, 7) is 0. The van der Waals surface area contributed by atoms with Crippen molar-refractivity contribution in [1.82, 2.24) is 0 Å². The summed E-state index contributed by atoms with van der Waals surface area (Å²) in [5, 5.41) is 0. The van der Waals surface area contributed by atoms with E-state index in [1.165, 1.54) is 148 Å². The standard InChI is InChI=1S/C29H50/c1-3-7-11-15-20-26(21-16-12-8-4-1)28-24-19-25-29(28)27-22-17-13-9-5-2-6-10-14-18-23-27/h20,22,28-29H,1-19,21,23-25H2/b26-20+,27-22+. The van der Waals surface area contributed by atoms with Crippen LogP contribution in [0.3, 0.4) is 0 Å². The van der Waals surface area contributed by atoms with E-state index >= 15 is 0 Å². The van der Waals surface area contributed by atoms with Crippen LogP contribution in [-0.4, -0.2) is 0 Å². The van der Waals surface area contributed by atoms with Crippen LogP contribution in [-0.2, 0) is 0 Å². The Balaban J connectivity index is 1.65. The third-order valence-electron chi connectivity index (χ3n) is 8.12. The Bertz CT molecular complexity index is 438. The molecule has 0 nitrogen and oxygen atoms in total. The van der Waals surface area contributed by atoms with Gasteiger partial charge in [-0.1, -0.05) is 107 Å². The molecule has 3 rings (SSSR count). The molecule has 0 aromatic heterocycles. The minimum atomic E-state index is 0.900. The van der Waals surface area contributed by atoms with Crippen LogP contribution >= 0.6 is 0 Å². The highest BCUT2D eigenvalue weighted by Gasteiger charge is 2.31. The van der Waals surface area contributed by atoms with Crippen molar-refractivity contribution < 1.29 is 0 Å². The molecule has 1 saturated carbocycles. The van der Waals surface area contributed by atoms with Crippen molar-refractivity contribution in [3.63, 3.8) is 0 Å². The van der Waals surface area contributed by atoms with Crippen molar-refractivity contribution in [3.05, 3.63) is 23.3 Å². The summed E-state index contributed by atoms with van der Waals surface area (Å²) < 4.78 is 0. The lowest BCUT2D eigenvalue weighted by molar-refractivity contribution is 0.452. The smallest absolute Gasteiger partial charge is 0.0138 e. The van der Waals surface area contributed by atoms with Crippen LogP contribution in [0.25, 0.3) is 0 Å². The average molecular weight is 399 g/mol. The van der Waals surface area contributed by atoms with Crippen molar-refractivity contribution in [2.45, 2.75) is 148 Å². The highest BCUT2D eigenvalue weighted by atomic mass is 14.4.